The van der Waals surface area contributed by atoms with Crippen LogP contribution in [0, 0.1) is 32.1 Å². The number of anilines is 1. The number of nitrogens with zero attached hydrogens (tertiary/aromatic N) is 1. The Kier molecular flexibility index (Phi) is 5.72. The van der Waals surface area contributed by atoms with Gasteiger partial charge in [-0.25, -0.2) is 0 Å². The average molecular weight is 388 g/mol. The first-order chi connectivity index (χ1) is 13.4. The van der Waals surface area contributed by atoms with Crippen LogP contribution in [0.3, 0.4) is 0 Å². The molecule has 0 aliphatic heterocycles. The molecule has 0 unspecified atom stereocenters. The van der Waals surface area contributed by atoms with E-state index in [9.17, 15) is 4.79 Å². The summed E-state index contributed by atoms with van der Waals surface area (Å²) in [6.07, 6.45) is 0. The van der Waals surface area contributed by atoms with Crippen molar-refractivity contribution in [2.24, 2.45) is 0 Å². The summed E-state index contributed by atoms with van der Waals surface area (Å²) in [6, 6.07) is 18.3. The minimum absolute atomic E-state index is 0.173. The predicted octanol–water partition coefficient (Wildman–Crippen LogP) is 5.82. The van der Waals surface area contributed by atoms with E-state index in [1.54, 1.807) is 30.3 Å². The zero-order chi connectivity index (χ0) is 20.3. The van der Waals surface area contributed by atoms with E-state index in [4.69, 9.17) is 10.00 Å². The van der Waals surface area contributed by atoms with E-state index < -0.39 is 0 Å². The topological polar surface area (TPSA) is 62.1 Å². The second-order valence-electron chi connectivity index (χ2n) is 6.56. The maximum absolute atomic E-state index is 12.7. The highest BCUT2D eigenvalue weighted by molar-refractivity contribution is 7.80. The van der Waals surface area contributed by atoms with E-state index in [0.717, 1.165) is 21.6 Å². The number of nitriles is 1. The van der Waals surface area contributed by atoms with E-state index in [2.05, 4.69) is 24.0 Å². The fraction of sp³-hybridized carbons (Fsp3) is 0.130. The number of amides is 1. The molecule has 0 saturated carbocycles. The first kappa shape index (κ1) is 19.5. The van der Waals surface area contributed by atoms with E-state index >= 15 is 0 Å². The lowest BCUT2D eigenvalue weighted by Crippen LogP contribution is -2.14. The van der Waals surface area contributed by atoms with E-state index in [-0.39, 0.29) is 5.91 Å². The monoisotopic (exact) mass is 388 g/mol. The Hall–Kier alpha value is -3.23. The summed E-state index contributed by atoms with van der Waals surface area (Å²) in [7, 11) is 0. The highest BCUT2D eigenvalue weighted by Crippen LogP contribution is 2.31. The van der Waals surface area contributed by atoms with Crippen molar-refractivity contribution in [3.63, 3.8) is 0 Å². The number of nitrogens with one attached hydrogen (secondary N) is 1. The maximum atomic E-state index is 12.7. The fourth-order valence-corrected chi connectivity index (χ4v) is 3.00. The summed E-state index contributed by atoms with van der Waals surface area (Å²) in [5.41, 5.74) is 4.53. The quantitative estimate of drug-likeness (QED) is 0.554. The van der Waals surface area contributed by atoms with Gasteiger partial charge in [0.25, 0.3) is 5.91 Å². The summed E-state index contributed by atoms with van der Waals surface area (Å²) < 4.78 is 6.04. The molecule has 0 aliphatic carbocycles. The highest BCUT2D eigenvalue weighted by atomic mass is 32.1. The molecule has 1 amide bonds. The van der Waals surface area contributed by atoms with Crippen LogP contribution in [0.15, 0.2) is 59.5 Å². The lowest BCUT2D eigenvalue weighted by Gasteiger charge is -2.15. The number of hydrogen-bond acceptors (Lipinski definition) is 4. The van der Waals surface area contributed by atoms with Crippen LogP contribution in [-0.2, 0) is 0 Å². The minimum Gasteiger partial charge on any atom is -0.457 e. The van der Waals surface area contributed by atoms with Crippen LogP contribution in [0.2, 0.25) is 0 Å². The van der Waals surface area contributed by atoms with Crippen molar-refractivity contribution in [2.45, 2.75) is 25.7 Å². The van der Waals surface area contributed by atoms with Gasteiger partial charge in [-0.15, -0.1) is 12.6 Å². The zero-order valence-electron chi connectivity index (χ0n) is 15.9. The van der Waals surface area contributed by atoms with Gasteiger partial charge in [-0.1, -0.05) is 0 Å². The molecule has 4 nitrogen and oxygen atoms in total. The van der Waals surface area contributed by atoms with Crippen LogP contribution >= 0.6 is 12.6 Å². The van der Waals surface area contributed by atoms with Crippen molar-refractivity contribution < 1.29 is 9.53 Å². The second-order valence-corrected chi connectivity index (χ2v) is 7.07. The van der Waals surface area contributed by atoms with Crippen molar-refractivity contribution in [2.75, 3.05) is 5.32 Å². The highest BCUT2D eigenvalue weighted by Gasteiger charge is 2.15. The molecule has 0 spiro atoms. The lowest BCUT2D eigenvalue weighted by atomic mass is 10.0. The number of thiol groups is 1. The first-order valence-corrected chi connectivity index (χ1v) is 9.23. The van der Waals surface area contributed by atoms with Gasteiger partial charge in [0.15, 0.2) is 0 Å². The zero-order valence-corrected chi connectivity index (χ0v) is 16.8. The SMILES string of the molecule is Cc1cc(C#N)ccc1Oc1ccc(C(=O)Nc2ccc(S)cc2)c(C)c1C. The molecule has 0 heterocycles. The smallest absolute Gasteiger partial charge is 0.255 e. The summed E-state index contributed by atoms with van der Waals surface area (Å²) in [5.74, 6) is 1.19. The molecule has 1 N–H and O–H groups in total. The number of benzene rings is 3. The number of carbonyl (C=O) groups excluding carboxylic acids is 1. The number of carbonyl (C=O) groups is 1. The molecule has 0 saturated heterocycles. The van der Waals surface area contributed by atoms with Crippen molar-refractivity contribution in [3.8, 4) is 17.6 Å². The van der Waals surface area contributed by atoms with Gasteiger partial charge in [0.05, 0.1) is 11.6 Å². The Balaban J connectivity index is 1.83. The van der Waals surface area contributed by atoms with Gasteiger partial charge in [-0.2, -0.15) is 5.26 Å². The van der Waals surface area contributed by atoms with Gasteiger partial charge < -0.3 is 10.1 Å². The largest absolute Gasteiger partial charge is 0.457 e. The minimum atomic E-state index is -0.173. The lowest BCUT2D eigenvalue weighted by molar-refractivity contribution is 0.102. The van der Waals surface area contributed by atoms with Crippen LogP contribution in [0.25, 0.3) is 0 Å². The molecular formula is C23H20N2O2S. The normalized spacial score (nSPS) is 10.2. The van der Waals surface area contributed by atoms with Crippen molar-refractivity contribution in [3.05, 3.63) is 82.4 Å². The maximum Gasteiger partial charge on any atom is 0.255 e. The molecule has 0 aliphatic rings. The van der Waals surface area contributed by atoms with Gasteiger partial charge in [0.2, 0.25) is 0 Å². The van der Waals surface area contributed by atoms with Crippen molar-refractivity contribution >= 4 is 24.2 Å². The van der Waals surface area contributed by atoms with Gasteiger partial charge in [0, 0.05) is 16.1 Å². The summed E-state index contributed by atoms with van der Waals surface area (Å²) in [6.45, 7) is 5.73. The molecule has 0 atom stereocenters. The number of hydrogen-bond donors (Lipinski definition) is 2. The van der Waals surface area contributed by atoms with Gasteiger partial charge in [-0.05, 0) is 92.1 Å². The van der Waals surface area contributed by atoms with Gasteiger partial charge in [-0.3, -0.25) is 4.79 Å². The second kappa shape index (κ2) is 8.20. The molecule has 0 fully saturated rings. The van der Waals surface area contributed by atoms with E-state index in [0.29, 0.717) is 28.3 Å². The standard InChI is InChI=1S/C23H20N2O2S/c1-14-12-17(13-24)4-10-21(14)27-22-11-9-20(15(2)16(22)3)23(26)25-18-5-7-19(28)8-6-18/h4-12,28H,1-3H3,(H,25,26). The van der Waals surface area contributed by atoms with Crippen LogP contribution in [0.4, 0.5) is 5.69 Å². The number of ether oxygens (including phenoxy) is 1. The van der Waals surface area contributed by atoms with Crippen LogP contribution in [0.5, 0.6) is 11.5 Å². The van der Waals surface area contributed by atoms with Crippen LogP contribution in [-0.4, -0.2) is 5.91 Å². The molecule has 3 aromatic rings. The fourth-order valence-electron chi connectivity index (χ4n) is 2.85. The molecule has 0 radical (unpaired) electrons. The molecule has 3 aromatic carbocycles. The Morgan fingerprint density at radius 3 is 2.29 bits per heavy atom. The Morgan fingerprint density at radius 1 is 0.964 bits per heavy atom. The summed E-state index contributed by atoms with van der Waals surface area (Å²) in [4.78, 5) is 13.5. The van der Waals surface area contributed by atoms with Crippen molar-refractivity contribution in [1.82, 2.24) is 0 Å². The molecule has 3 rings (SSSR count). The molecule has 0 aromatic heterocycles. The number of aryl methyl sites for hydroxylation is 1. The summed E-state index contributed by atoms with van der Waals surface area (Å²) in [5, 5.41) is 11.9. The van der Waals surface area contributed by atoms with Crippen molar-refractivity contribution in [1.29, 1.82) is 5.26 Å². The predicted molar refractivity (Wildman–Crippen MR) is 114 cm³/mol. The van der Waals surface area contributed by atoms with E-state index in [1.807, 2.05) is 45.0 Å². The molecule has 5 heteroatoms. The molecular weight excluding hydrogens is 368 g/mol. The van der Waals surface area contributed by atoms with Gasteiger partial charge >= 0.3 is 0 Å². The molecule has 0 bridgehead atoms. The third kappa shape index (κ3) is 4.19. The third-order valence-electron chi connectivity index (χ3n) is 4.63. The molecule has 28 heavy (non-hydrogen) atoms. The average Bonchev–Trinajstić information content (AvgIpc) is 2.68. The van der Waals surface area contributed by atoms with Crippen LogP contribution < -0.4 is 10.1 Å². The third-order valence-corrected chi connectivity index (χ3v) is 4.93. The number of rotatable bonds is 4. The Morgan fingerprint density at radius 2 is 1.64 bits per heavy atom. The van der Waals surface area contributed by atoms with E-state index in [1.165, 1.54) is 0 Å². The van der Waals surface area contributed by atoms with Crippen LogP contribution in [0.1, 0.15) is 32.6 Å². The summed E-state index contributed by atoms with van der Waals surface area (Å²) >= 11 is 4.25. The Bertz CT molecular complexity index is 1080. The molecule has 140 valence electrons. The van der Waals surface area contributed by atoms with Gasteiger partial charge in [0.1, 0.15) is 11.5 Å². The Labute approximate surface area is 170 Å². The first-order valence-electron chi connectivity index (χ1n) is 8.78.